The van der Waals surface area contributed by atoms with E-state index in [4.69, 9.17) is 5.11 Å². The molecule has 5 nitrogen and oxygen atoms in total. The molecule has 0 radical (unpaired) electrons. The Morgan fingerprint density at radius 2 is 1.95 bits per heavy atom. The number of carboxylic acid groups (broad SMARTS) is 1. The first-order valence-corrected chi connectivity index (χ1v) is 7.31. The molecule has 1 aliphatic heterocycles. The second-order valence-corrected chi connectivity index (χ2v) is 5.91. The van der Waals surface area contributed by atoms with Gasteiger partial charge in [-0.2, -0.15) is 0 Å². The molecule has 0 aromatic rings. The first-order chi connectivity index (χ1) is 9.08. The standard InChI is InChI=1S/C14H24N2O3/c1-15-9-11(7-8-13(17)18)10-16(14(15)19)12-5-3-2-4-6-12/h11-12H,2-10H2,1H3,(H,17,18). The van der Waals surface area contributed by atoms with E-state index < -0.39 is 5.97 Å². The predicted octanol–water partition coefficient (Wildman–Crippen LogP) is 2.17. The van der Waals surface area contributed by atoms with E-state index in [9.17, 15) is 9.59 Å². The molecule has 1 saturated carbocycles. The predicted molar refractivity (Wildman–Crippen MR) is 72.0 cm³/mol. The summed E-state index contributed by atoms with van der Waals surface area (Å²) < 4.78 is 0. The highest BCUT2D eigenvalue weighted by Gasteiger charge is 2.34. The maximum atomic E-state index is 12.2. The maximum Gasteiger partial charge on any atom is 0.320 e. The highest BCUT2D eigenvalue weighted by Crippen LogP contribution is 2.27. The Morgan fingerprint density at radius 3 is 2.58 bits per heavy atom. The Labute approximate surface area is 114 Å². The molecule has 0 spiro atoms. The summed E-state index contributed by atoms with van der Waals surface area (Å²) in [5, 5.41) is 8.78. The molecular formula is C14H24N2O3. The van der Waals surface area contributed by atoms with Gasteiger partial charge in [0.1, 0.15) is 0 Å². The van der Waals surface area contributed by atoms with E-state index in [1.807, 2.05) is 11.9 Å². The van der Waals surface area contributed by atoms with Crippen LogP contribution < -0.4 is 0 Å². The van der Waals surface area contributed by atoms with Gasteiger partial charge in [0.2, 0.25) is 0 Å². The van der Waals surface area contributed by atoms with E-state index in [0.29, 0.717) is 24.9 Å². The summed E-state index contributed by atoms with van der Waals surface area (Å²) in [6.07, 6.45) is 6.75. The Kier molecular flexibility index (Phi) is 4.66. The Morgan fingerprint density at radius 1 is 1.26 bits per heavy atom. The van der Waals surface area contributed by atoms with E-state index in [1.54, 1.807) is 4.90 Å². The molecular weight excluding hydrogens is 244 g/mol. The second-order valence-electron chi connectivity index (χ2n) is 5.91. The van der Waals surface area contributed by atoms with Gasteiger partial charge in [-0.25, -0.2) is 4.79 Å². The van der Waals surface area contributed by atoms with Crippen LogP contribution in [-0.2, 0) is 4.79 Å². The van der Waals surface area contributed by atoms with Gasteiger partial charge in [-0.05, 0) is 25.2 Å². The average molecular weight is 268 g/mol. The smallest absolute Gasteiger partial charge is 0.320 e. The van der Waals surface area contributed by atoms with Crippen molar-refractivity contribution in [3.05, 3.63) is 0 Å². The van der Waals surface area contributed by atoms with Crippen molar-refractivity contribution in [3.8, 4) is 0 Å². The second kappa shape index (κ2) is 6.26. The maximum absolute atomic E-state index is 12.2. The molecule has 2 rings (SSSR count). The summed E-state index contributed by atoms with van der Waals surface area (Å²) in [7, 11) is 1.82. The fraction of sp³-hybridized carbons (Fsp3) is 0.857. The van der Waals surface area contributed by atoms with Gasteiger partial charge in [-0.3, -0.25) is 4.79 Å². The number of carbonyl (C=O) groups excluding carboxylic acids is 1. The molecule has 1 N–H and O–H groups in total. The van der Waals surface area contributed by atoms with Crippen LogP contribution >= 0.6 is 0 Å². The summed E-state index contributed by atoms with van der Waals surface area (Å²) in [4.78, 5) is 26.7. The summed E-state index contributed by atoms with van der Waals surface area (Å²) in [5.74, 6) is -0.454. The lowest BCUT2D eigenvalue weighted by Crippen LogP contribution is -2.55. The highest BCUT2D eigenvalue weighted by molar-refractivity contribution is 5.75. The average Bonchev–Trinajstić information content (AvgIpc) is 2.41. The number of hydrogen-bond acceptors (Lipinski definition) is 2. The monoisotopic (exact) mass is 268 g/mol. The lowest BCUT2D eigenvalue weighted by atomic mass is 9.91. The minimum atomic E-state index is -0.747. The van der Waals surface area contributed by atoms with Crippen LogP contribution in [-0.4, -0.2) is 53.1 Å². The minimum Gasteiger partial charge on any atom is -0.481 e. The fourth-order valence-corrected chi connectivity index (χ4v) is 3.31. The van der Waals surface area contributed by atoms with Gasteiger partial charge in [0.15, 0.2) is 0 Å². The summed E-state index contributed by atoms with van der Waals surface area (Å²) in [6, 6.07) is 0.495. The number of urea groups is 1. The molecule has 0 bridgehead atoms. The van der Waals surface area contributed by atoms with Crippen molar-refractivity contribution in [1.82, 2.24) is 9.80 Å². The van der Waals surface area contributed by atoms with Crippen molar-refractivity contribution in [1.29, 1.82) is 0 Å². The third-order valence-corrected chi connectivity index (χ3v) is 4.34. The number of rotatable bonds is 4. The van der Waals surface area contributed by atoms with Crippen LogP contribution in [0, 0.1) is 5.92 Å². The number of aliphatic carboxylic acids is 1. The molecule has 1 heterocycles. The fourth-order valence-electron chi connectivity index (χ4n) is 3.31. The Hall–Kier alpha value is -1.26. The van der Waals surface area contributed by atoms with E-state index in [0.717, 1.165) is 19.4 Å². The molecule has 1 aliphatic carbocycles. The van der Waals surface area contributed by atoms with Gasteiger partial charge in [-0.15, -0.1) is 0 Å². The third-order valence-electron chi connectivity index (χ3n) is 4.34. The molecule has 19 heavy (non-hydrogen) atoms. The zero-order valence-corrected chi connectivity index (χ0v) is 11.7. The molecule has 1 unspecified atom stereocenters. The number of carboxylic acids is 1. The van der Waals surface area contributed by atoms with E-state index in [2.05, 4.69) is 0 Å². The summed E-state index contributed by atoms with van der Waals surface area (Å²) >= 11 is 0. The van der Waals surface area contributed by atoms with Crippen LogP contribution in [0.5, 0.6) is 0 Å². The van der Waals surface area contributed by atoms with Crippen LogP contribution in [0.25, 0.3) is 0 Å². The van der Waals surface area contributed by atoms with Gasteiger partial charge in [0.25, 0.3) is 0 Å². The SMILES string of the molecule is CN1CC(CCC(=O)O)CN(C2CCCCC2)C1=O. The quantitative estimate of drug-likeness (QED) is 0.850. The van der Waals surface area contributed by atoms with Crippen LogP contribution in [0.3, 0.4) is 0 Å². The van der Waals surface area contributed by atoms with E-state index in [1.165, 1.54) is 19.3 Å². The van der Waals surface area contributed by atoms with Crippen molar-refractivity contribution >= 4 is 12.0 Å². The summed E-state index contributed by atoms with van der Waals surface area (Å²) in [5.41, 5.74) is 0. The zero-order valence-electron chi connectivity index (χ0n) is 11.7. The third kappa shape index (κ3) is 3.61. The topological polar surface area (TPSA) is 60.9 Å². The lowest BCUT2D eigenvalue weighted by molar-refractivity contribution is -0.137. The minimum absolute atomic E-state index is 0.124. The van der Waals surface area contributed by atoms with Gasteiger partial charge < -0.3 is 14.9 Å². The molecule has 5 heteroatoms. The molecule has 2 fully saturated rings. The van der Waals surface area contributed by atoms with Crippen molar-refractivity contribution in [2.24, 2.45) is 5.92 Å². The van der Waals surface area contributed by atoms with Gasteiger partial charge in [-0.1, -0.05) is 19.3 Å². The molecule has 108 valence electrons. The Balaban J connectivity index is 1.95. The highest BCUT2D eigenvalue weighted by atomic mass is 16.4. The number of carbonyl (C=O) groups is 2. The largest absolute Gasteiger partial charge is 0.481 e. The number of hydrogen-bond donors (Lipinski definition) is 1. The van der Waals surface area contributed by atoms with Gasteiger partial charge in [0.05, 0.1) is 0 Å². The number of amides is 2. The first-order valence-electron chi connectivity index (χ1n) is 7.31. The number of nitrogens with zero attached hydrogens (tertiary/aromatic N) is 2. The lowest BCUT2D eigenvalue weighted by Gasteiger charge is -2.43. The van der Waals surface area contributed by atoms with Crippen molar-refractivity contribution in [2.45, 2.75) is 51.0 Å². The Bertz CT molecular complexity index is 340. The zero-order chi connectivity index (χ0) is 13.8. The van der Waals surface area contributed by atoms with Gasteiger partial charge >= 0.3 is 12.0 Å². The van der Waals surface area contributed by atoms with E-state index >= 15 is 0 Å². The van der Waals surface area contributed by atoms with Crippen LogP contribution in [0.2, 0.25) is 0 Å². The van der Waals surface area contributed by atoms with E-state index in [-0.39, 0.29) is 12.5 Å². The van der Waals surface area contributed by atoms with Crippen molar-refractivity contribution in [2.75, 3.05) is 20.1 Å². The molecule has 0 aromatic carbocycles. The molecule has 2 amide bonds. The van der Waals surface area contributed by atoms with Crippen LogP contribution in [0.15, 0.2) is 0 Å². The van der Waals surface area contributed by atoms with Crippen molar-refractivity contribution < 1.29 is 14.7 Å². The molecule has 1 atom stereocenters. The molecule has 0 aromatic heterocycles. The summed E-state index contributed by atoms with van der Waals surface area (Å²) in [6.45, 7) is 1.43. The molecule has 1 saturated heterocycles. The first kappa shape index (κ1) is 14.2. The van der Waals surface area contributed by atoms with Gasteiger partial charge in [0, 0.05) is 32.6 Å². The van der Waals surface area contributed by atoms with Crippen LogP contribution in [0.4, 0.5) is 4.79 Å². The molecule has 2 aliphatic rings. The normalized spacial score (nSPS) is 25.7. The van der Waals surface area contributed by atoms with Crippen molar-refractivity contribution in [3.63, 3.8) is 0 Å². The van der Waals surface area contributed by atoms with Crippen LogP contribution in [0.1, 0.15) is 44.9 Å².